The molecule has 1 heterocycles. The van der Waals surface area contributed by atoms with E-state index in [9.17, 15) is 4.79 Å². The van der Waals surface area contributed by atoms with Gasteiger partial charge in [0.1, 0.15) is 0 Å². The minimum atomic E-state index is -0.219. The Bertz CT molecular complexity index is 533. The van der Waals surface area contributed by atoms with Gasteiger partial charge in [-0.15, -0.1) is 0 Å². The van der Waals surface area contributed by atoms with Crippen LogP contribution < -0.4 is 0 Å². The molecule has 132 valence electrons. The van der Waals surface area contributed by atoms with Crippen LogP contribution in [0.3, 0.4) is 0 Å². The van der Waals surface area contributed by atoms with Gasteiger partial charge in [-0.2, -0.15) is 0 Å². The molecule has 1 aliphatic heterocycles. The summed E-state index contributed by atoms with van der Waals surface area (Å²) in [5.41, 5.74) is 1.10. The first-order chi connectivity index (χ1) is 11.7. The predicted octanol–water partition coefficient (Wildman–Crippen LogP) is 2.91. The maximum absolute atomic E-state index is 12.2. The van der Waals surface area contributed by atoms with Crippen molar-refractivity contribution in [2.75, 3.05) is 40.0 Å². The van der Waals surface area contributed by atoms with Gasteiger partial charge >= 0.3 is 5.97 Å². The fourth-order valence-electron chi connectivity index (χ4n) is 4.43. The maximum atomic E-state index is 12.2. The Morgan fingerprint density at radius 2 is 2.12 bits per heavy atom. The van der Waals surface area contributed by atoms with Gasteiger partial charge in [0.2, 0.25) is 0 Å². The highest BCUT2D eigenvalue weighted by atomic mass is 16.5. The van der Waals surface area contributed by atoms with E-state index < -0.39 is 0 Å². The summed E-state index contributed by atoms with van der Waals surface area (Å²) in [6.45, 7) is 4.49. The minimum Gasteiger partial charge on any atom is -0.469 e. The van der Waals surface area contributed by atoms with E-state index in [1.165, 1.54) is 19.1 Å². The zero-order valence-electron chi connectivity index (χ0n) is 14.7. The number of hydrogen-bond donors (Lipinski definition) is 0. The van der Waals surface area contributed by atoms with Crippen LogP contribution in [-0.2, 0) is 20.7 Å². The summed E-state index contributed by atoms with van der Waals surface area (Å²) in [4.78, 5) is 14.7. The Morgan fingerprint density at radius 3 is 2.92 bits per heavy atom. The fraction of sp³-hybridized carbons (Fsp3) is 0.650. The summed E-state index contributed by atoms with van der Waals surface area (Å²) in [5.74, 6) is 0.496. The van der Waals surface area contributed by atoms with Gasteiger partial charge in [-0.25, -0.2) is 0 Å². The van der Waals surface area contributed by atoms with Crippen LogP contribution >= 0.6 is 0 Å². The molecule has 1 aromatic rings. The molecule has 1 saturated heterocycles. The van der Waals surface area contributed by atoms with E-state index in [4.69, 9.17) is 9.47 Å². The Kier molecular flexibility index (Phi) is 5.90. The molecule has 2 atom stereocenters. The van der Waals surface area contributed by atoms with E-state index in [0.717, 1.165) is 58.5 Å². The van der Waals surface area contributed by atoms with Crippen LogP contribution in [0.1, 0.15) is 31.2 Å². The van der Waals surface area contributed by atoms with Crippen molar-refractivity contribution in [3.63, 3.8) is 0 Å². The van der Waals surface area contributed by atoms with Crippen LogP contribution in [0.4, 0.5) is 0 Å². The standard InChI is InChI=1S/C20H29NO3/c1-23-19(22)20-11-5-9-18(20)15-21(16-20)12-6-13-24-14-10-17-7-3-2-4-8-17/h2-4,7-8,18H,5-6,9-16H2,1H3/t18-,20+/m1/s1. The third kappa shape index (κ3) is 3.81. The number of carbonyl (C=O) groups is 1. The third-order valence-electron chi connectivity index (χ3n) is 5.67. The van der Waals surface area contributed by atoms with Crippen LogP contribution in [0.25, 0.3) is 0 Å². The van der Waals surface area contributed by atoms with Crippen LogP contribution in [0, 0.1) is 11.3 Å². The second-order valence-electron chi connectivity index (χ2n) is 7.17. The smallest absolute Gasteiger partial charge is 0.313 e. The average molecular weight is 331 g/mol. The normalized spacial score (nSPS) is 26.5. The van der Waals surface area contributed by atoms with E-state index in [1.54, 1.807) is 0 Å². The van der Waals surface area contributed by atoms with Crippen molar-refractivity contribution in [2.45, 2.75) is 32.1 Å². The van der Waals surface area contributed by atoms with Crippen molar-refractivity contribution < 1.29 is 14.3 Å². The number of ether oxygens (including phenoxy) is 2. The molecule has 1 aliphatic carbocycles. The SMILES string of the molecule is COC(=O)[C@]12CCC[C@@H]1CN(CCCOCCc1ccccc1)C2. The molecule has 2 aliphatic rings. The minimum absolute atomic E-state index is 0.00612. The molecule has 0 amide bonds. The fourth-order valence-corrected chi connectivity index (χ4v) is 4.43. The zero-order chi connectivity index (χ0) is 16.8. The highest BCUT2D eigenvalue weighted by molar-refractivity contribution is 5.78. The van der Waals surface area contributed by atoms with E-state index in [0.29, 0.717) is 5.92 Å². The second kappa shape index (κ2) is 8.13. The Labute approximate surface area is 145 Å². The van der Waals surface area contributed by atoms with Crippen molar-refractivity contribution >= 4 is 5.97 Å². The van der Waals surface area contributed by atoms with Gasteiger partial charge in [0, 0.05) is 26.2 Å². The second-order valence-corrected chi connectivity index (χ2v) is 7.17. The molecule has 0 radical (unpaired) electrons. The lowest BCUT2D eigenvalue weighted by atomic mass is 9.81. The number of benzene rings is 1. The lowest BCUT2D eigenvalue weighted by molar-refractivity contribution is -0.153. The summed E-state index contributed by atoms with van der Waals surface area (Å²) in [6, 6.07) is 10.4. The molecule has 24 heavy (non-hydrogen) atoms. The first kappa shape index (κ1) is 17.4. The van der Waals surface area contributed by atoms with E-state index >= 15 is 0 Å². The van der Waals surface area contributed by atoms with Gasteiger partial charge in [-0.1, -0.05) is 36.8 Å². The molecule has 2 fully saturated rings. The quantitative estimate of drug-likeness (QED) is 0.542. The van der Waals surface area contributed by atoms with E-state index in [-0.39, 0.29) is 11.4 Å². The topological polar surface area (TPSA) is 38.8 Å². The molecule has 1 aromatic carbocycles. The molecule has 3 rings (SSSR count). The number of hydrogen-bond acceptors (Lipinski definition) is 4. The van der Waals surface area contributed by atoms with Crippen LogP contribution in [0.5, 0.6) is 0 Å². The first-order valence-electron chi connectivity index (χ1n) is 9.17. The van der Waals surface area contributed by atoms with Crippen molar-refractivity contribution in [3.8, 4) is 0 Å². The number of carbonyl (C=O) groups excluding carboxylic acids is 1. The van der Waals surface area contributed by atoms with Gasteiger partial charge in [0.15, 0.2) is 0 Å². The molecule has 0 aromatic heterocycles. The largest absolute Gasteiger partial charge is 0.469 e. The summed E-state index contributed by atoms with van der Waals surface area (Å²) >= 11 is 0. The molecule has 1 saturated carbocycles. The highest BCUT2D eigenvalue weighted by Gasteiger charge is 2.55. The van der Waals surface area contributed by atoms with Gasteiger partial charge in [0.05, 0.1) is 19.1 Å². The monoisotopic (exact) mass is 331 g/mol. The Morgan fingerprint density at radius 1 is 1.29 bits per heavy atom. The predicted molar refractivity (Wildman–Crippen MR) is 93.8 cm³/mol. The number of rotatable bonds is 8. The third-order valence-corrected chi connectivity index (χ3v) is 5.67. The zero-order valence-corrected chi connectivity index (χ0v) is 14.7. The molecule has 4 nitrogen and oxygen atoms in total. The van der Waals surface area contributed by atoms with Crippen LogP contribution in [0.2, 0.25) is 0 Å². The van der Waals surface area contributed by atoms with E-state index in [2.05, 4.69) is 29.2 Å². The average Bonchev–Trinajstić information content (AvgIpc) is 3.16. The lowest BCUT2D eigenvalue weighted by Gasteiger charge is -2.25. The van der Waals surface area contributed by atoms with Crippen molar-refractivity contribution in [2.24, 2.45) is 11.3 Å². The molecular weight excluding hydrogens is 302 g/mol. The van der Waals surface area contributed by atoms with Crippen molar-refractivity contribution in [3.05, 3.63) is 35.9 Å². The summed E-state index contributed by atoms with van der Waals surface area (Å²) in [6.07, 6.45) is 5.32. The summed E-state index contributed by atoms with van der Waals surface area (Å²) in [5, 5.41) is 0. The van der Waals surface area contributed by atoms with Gasteiger partial charge in [-0.3, -0.25) is 4.79 Å². The summed E-state index contributed by atoms with van der Waals surface area (Å²) in [7, 11) is 1.52. The van der Waals surface area contributed by atoms with E-state index in [1.807, 2.05) is 6.07 Å². The molecule has 0 N–H and O–H groups in total. The molecule has 0 spiro atoms. The van der Waals surface area contributed by atoms with Crippen molar-refractivity contribution in [1.82, 2.24) is 4.90 Å². The Balaban J connectivity index is 1.34. The summed E-state index contributed by atoms with van der Waals surface area (Å²) < 4.78 is 10.9. The van der Waals surface area contributed by atoms with Gasteiger partial charge in [-0.05, 0) is 37.2 Å². The molecule has 0 unspecified atom stereocenters. The number of fused-ring (bicyclic) bond motifs is 1. The van der Waals surface area contributed by atoms with Crippen LogP contribution in [-0.4, -0.2) is 50.8 Å². The number of methoxy groups -OCH3 is 1. The van der Waals surface area contributed by atoms with Gasteiger partial charge < -0.3 is 14.4 Å². The Hall–Kier alpha value is -1.39. The van der Waals surface area contributed by atoms with Crippen molar-refractivity contribution in [1.29, 1.82) is 0 Å². The van der Waals surface area contributed by atoms with Crippen LogP contribution in [0.15, 0.2) is 30.3 Å². The molecule has 4 heteroatoms. The molecule has 0 bridgehead atoms. The first-order valence-corrected chi connectivity index (χ1v) is 9.17. The number of likely N-dealkylation sites (tertiary alicyclic amines) is 1. The number of esters is 1. The lowest BCUT2D eigenvalue weighted by Crippen LogP contribution is -2.37. The number of nitrogens with zero attached hydrogens (tertiary/aromatic N) is 1. The maximum Gasteiger partial charge on any atom is 0.313 e. The highest BCUT2D eigenvalue weighted by Crippen LogP contribution is 2.49. The molecular formula is C20H29NO3. The van der Waals surface area contributed by atoms with Gasteiger partial charge in [0.25, 0.3) is 0 Å².